The second-order valence-corrected chi connectivity index (χ2v) is 1.99. The predicted octanol–water partition coefficient (Wildman–Crippen LogP) is -0.0443. The quantitative estimate of drug-likeness (QED) is 0.468. The Balaban J connectivity index is 3.86. The van der Waals surface area contributed by atoms with E-state index in [9.17, 15) is 9.59 Å². The second-order valence-electron chi connectivity index (χ2n) is 1.99. The lowest BCUT2D eigenvalue weighted by atomic mass is 10.6. The van der Waals surface area contributed by atoms with Crippen molar-refractivity contribution in [2.24, 2.45) is 0 Å². The molecule has 1 atom stereocenters. The highest BCUT2D eigenvalue weighted by Gasteiger charge is 2.18. The van der Waals surface area contributed by atoms with Crippen LogP contribution in [0.2, 0.25) is 0 Å². The van der Waals surface area contributed by atoms with Crippen LogP contribution in [0.4, 0.5) is 4.79 Å². The fourth-order valence-electron chi connectivity index (χ4n) is 0.505. The van der Waals surface area contributed by atoms with Gasteiger partial charge >= 0.3 is 12.1 Å². The van der Waals surface area contributed by atoms with E-state index in [4.69, 9.17) is 5.11 Å². The average Bonchev–Trinajstić information content (AvgIpc) is 2.10. The smallest absolute Gasteiger partial charge is 0.409 e. The summed E-state index contributed by atoms with van der Waals surface area (Å²) in [6.45, 7) is 3.33. The van der Waals surface area contributed by atoms with Crippen molar-refractivity contribution in [3.05, 3.63) is 12.7 Å². The molecule has 0 aromatic rings. The van der Waals surface area contributed by atoms with Gasteiger partial charge in [-0.15, -0.1) is 0 Å². The molecule has 0 aliphatic carbocycles. The number of nitrogens with one attached hydrogen (secondary N) is 1. The van der Waals surface area contributed by atoms with Crippen LogP contribution in [0, 0.1) is 0 Å². The number of amides is 1. The lowest BCUT2D eigenvalue weighted by molar-refractivity contribution is -0.150. The van der Waals surface area contributed by atoms with Gasteiger partial charge in [-0.05, 0) is 0 Å². The number of carboxylic acid groups (broad SMARTS) is 1. The zero-order valence-corrected chi connectivity index (χ0v) is 7.15. The van der Waals surface area contributed by atoms with Gasteiger partial charge in [0.2, 0.25) is 6.23 Å². The third-order valence-electron chi connectivity index (χ3n) is 1.04. The summed E-state index contributed by atoms with van der Waals surface area (Å²) in [6, 6.07) is 0. The van der Waals surface area contributed by atoms with Gasteiger partial charge in [0, 0.05) is 7.11 Å². The molecule has 0 aromatic carbocycles. The van der Waals surface area contributed by atoms with Gasteiger partial charge < -0.3 is 14.6 Å². The number of ether oxygens (including phenoxy) is 2. The molecule has 0 aromatic heterocycles. The van der Waals surface area contributed by atoms with E-state index in [1.807, 2.05) is 5.32 Å². The Morgan fingerprint density at radius 1 is 1.69 bits per heavy atom. The number of methoxy groups -OCH3 is 1. The lowest BCUT2D eigenvalue weighted by Gasteiger charge is -2.11. The van der Waals surface area contributed by atoms with Crippen LogP contribution in [0.5, 0.6) is 0 Å². The highest BCUT2D eigenvalue weighted by Crippen LogP contribution is 1.87. The first-order valence-electron chi connectivity index (χ1n) is 3.41. The Bertz CT molecular complexity index is 203. The Hall–Kier alpha value is -1.56. The zero-order valence-electron chi connectivity index (χ0n) is 7.15. The van der Waals surface area contributed by atoms with E-state index in [0.29, 0.717) is 0 Å². The van der Waals surface area contributed by atoms with Crippen molar-refractivity contribution < 1.29 is 24.2 Å². The molecular weight excluding hydrogens is 178 g/mol. The third kappa shape index (κ3) is 4.81. The molecule has 0 aliphatic heterocycles. The second kappa shape index (κ2) is 6.01. The molecule has 2 N–H and O–H groups in total. The van der Waals surface area contributed by atoms with Gasteiger partial charge in [-0.2, -0.15) is 0 Å². The number of carboxylic acids is 1. The summed E-state index contributed by atoms with van der Waals surface area (Å²) >= 11 is 0. The molecule has 1 unspecified atom stereocenters. The summed E-state index contributed by atoms with van der Waals surface area (Å²) in [4.78, 5) is 21.1. The largest absolute Gasteiger partial charge is 0.478 e. The molecule has 0 saturated heterocycles. The molecule has 1 amide bonds. The molecule has 0 radical (unpaired) electrons. The SMILES string of the molecule is C=CCOC(=O)NC(OC)C(=O)O. The van der Waals surface area contributed by atoms with Crippen molar-refractivity contribution in [3.8, 4) is 0 Å². The van der Waals surface area contributed by atoms with E-state index in [2.05, 4.69) is 16.1 Å². The summed E-state index contributed by atoms with van der Waals surface area (Å²) in [5.41, 5.74) is 0. The summed E-state index contributed by atoms with van der Waals surface area (Å²) < 4.78 is 8.89. The van der Waals surface area contributed by atoms with Gasteiger partial charge in [-0.1, -0.05) is 12.7 Å². The standard InChI is InChI=1S/C7H11NO5/c1-3-4-13-7(11)8-5(12-2)6(9)10/h3,5H,1,4H2,2H3,(H,8,11)(H,9,10). The first-order valence-corrected chi connectivity index (χ1v) is 3.41. The summed E-state index contributed by atoms with van der Waals surface area (Å²) in [5, 5.41) is 10.4. The van der Waals surface area contributed by atoms with Gasteiger partial charge in [0.15, 0.2) is 0 Å². The number of hydrogen-bond donors (Lipinski definition) is 2. The van der Waals surface area contributed by atoms with Gasteiger partial charge in [0.25, 0.3) is 0 Å². The van der Waals surface area contributed by atoms with Crippen LogP contribution in [0.3, 0.4) is 0 Å². The van der Waals surface area contributed by atoms with E-state index >= 15 is 0 Å². The number of hydrogen-bond acceptors (Lipinski definition) is 4. The average molecular weight is 189 g/mol. The minimum absolute atomic E-state index is 0.0158. The molecule has 6 nitrogen and oxygen atoms in total. The highest BCUT2D eigenvalue weighted by molar-refractivity contribution is 5.78. The molecule has 0 saturated carbocycles. The topological polar surface area (TPSA) is 84.9 Å². The lowest BCUT2D eigenvalue weighted by Crippen LogP contribution is -2.42. The van der Waals surface area contributed by atoms with Crippen molar-refractivity contribution in [1.82, 2.24) is 5.32 Å². The molecule has 0 spiro atoms. The summed E-state index contributed by atoms with van der Waals surface area (Å²) in [5.74, 6) is -1.29. The van der Waals surface area contributed by atoms with Crippen LogP contribution < -0.4 is 5.32 Å². The Morgan fingerprint density at radius 2 is 2.31 bits per heavy atom. The van der Waals surface area contributed by atoms with Crippen LogP contribution >= 0.6 is 0 Å². The van der Waals surface area contributed by atoms with Gasteiger partial charge in [-0.3, -0.25) is 5.32 Å². The number of rotatable bonds is 5. The van der Waals surface area contributed by atoms with Crippen LogP contribution in [-0.2, 0) is 14.3 Å². The van der Waals surface area contributed by atoms with E-state index in [-0.39, 0.29) is 6.61 Å². The molecule has 74 valence electrons. The number of aliphatic carboxylic acids is 1. The Labute approximate surface area is 75.1 Å². The van der Waals surface area contributed by atoms with Crippen LogP contribution in [-0.4, -0.2) is 37.1 Å². The predicted molar refractivity (Wildman–Crippen MR) is 43.1 cm³/mol. The van der Waals surface area contributed by atoms with Crippen molar-refractivity contribution >= 4 is 12.1 Å². The molecule has 6 heteroatoms. The molecule has 0 heterocycles. The fourth-order valence-corrected chi connectivity index (χ4v) is 0.505. The molecule has 0 bridgehead atoms. The number of carbonyl (C=O) groups excluding carboxylic acids is 1. The molecular formula is C7H11NO5. The molecule has 0 aliphatic rings. The van der Waals surface area contributed by atoms with Gasteiger partial charge in [0.1, 0.15) is 6.61 Å². The number of alkyl carbamates (subject to hydrolysis) is 1. The van der Waals surface area contributed by atoms with E-state index in [1.165, 1.54) is 6.08 Å². The first-order chi connectivity index (χ1) is 6.11. The van der Waals surface area contributed by atoms with Crippen molar-refractivity contribution in [3.63, 3.8) is 0 Å². The minimum atomic E-state index is -1.39. The molecule has 0 fully saturated rings. The van der Waals surface area contributed by atoms with Gasteiger partial charge in [0.05, 0.1) is 0 Å². The van der Waals surface area contributed by atoms with Crippen molar-refractivity contribution in [2.45, 2.75) is 6.23 Å². The minimum Gasteiger partial charge on any atom is -0.478 e. The van der Waals surface area contributed by atoms with Crippen LogP contribution in [0.1, 0.15) is 0 Å². The third-order valence-corrected chi connectivity index (χ3v) is 1.04. The van der Waals surface area contributed by atoms with Gasteiger partial charge in [-0.25, -0.2) is 9.59 Å². The highest BCUT2D eigenvalue weighted by atomic mass is 16.6. The Morgan fingerprint density at radius 3 is 2.69 bits per heavy atom. The van der Waals surface area contributed by atoms with E-state index < -0.39 is 18.3 Å². The zero-order chi connectivity index (χ0) is 10.3. The molecule has 0 rings (SSSR count). The van der Waals surface area contributed by atoms with E-state index in [1.54, 1.807) is 0 Å². The number of carbonyl (C=O) groups is 2. The van der Waals surface area contributed by atoms with Crippen LogP contribution in [0.25, 0.3) is 0 Å². The van der Waals surface area contributed by atoms with E-state index in [0.717, 1.165) is 7.11 Å². The Kier molecular flexibility index (Phi) is 5.29. The fraction of sp³-hybridized carbons (Fsp3) is 0.429. The normalized spacial score (nSPS) is 11.5. The molecule has 13 heavy (non-hydrogen) atoms. The van der Waals surface area contributed by atoms with Crippen molar-refractivity contribution in [1.29, 1.82) is 0 Å². The summed E-state index contributed by atoms with van der Waals surface area (Å²) in [7, 11) is 1.16. The maximum absolute atomic E-state index is 10.8. The maximum atomic E-state index is 10.8. The summed E-state index contributed by atoms with van der Waals surface area (Å²) in [6.07, 6.45) is -0.895. The monoisotopic (exact) mass is 189 g/mol. The van der Waals surface area contributed by atoms with Crippen molar-refractivity contribution in [2.75, 3.05) is 13.7 Å². The first kappa shape index (κ1) is 11.4. The van der Waals surface area contributed by atoms with Crippen LogP contribution in [0.15, 0.2) is 12.7 Å². The maximum Gasteiger partial charge on any atom is 0.409 e.